The summed E-state index contributed by atoms with van der Waals surface area (Å²) < 4.78 is 0. The summed E-state index contributed by atoms with van der Waals surface area (Å²) in [6, 6.07) is 13.8. The topological polar surface area (TPSA) is 72.2 Å². The minimum absolute atomic E-state index is 0.000860. The first-order valence-corrected chi connectivity index (χ1v) is 7.41. The van der Waals surface area contributed by atoms with E-state index in [4.69, 9.17) is 0 Å². The number of nitro benzene ring substituents is 1. The summed E-state index contributed by atoms with van der Waals surface area (Å²) in [4.78, 5) is 22.1. The number of nitrogens with zero attached hydrogens (tertiary/aromatic N) is 1. The number of rotatable bonds is 6. The maximum atomic E-state index is 11.9. The summed E-state index contributed by atoms with van der Waals surface area (Å²) in [6.45, 7) is 2.12. The third-order valence-corrected chi connectivity index (χ3v) is 3.27. The first-order valence-electron chi connectivity index (χ1n) is 7.41. The lowest BCUT2D eigenvalue weighted by Crippen LogP contribution is -2.07. The van der Waals surface area contributed by atoms with Crippen LogP contribution in [0.15, 0.2) is 54.6 Å². The van der Waals surface area contributed by atoms with Crippen molar-refractivity contribution in [3.8, 4) is 0 Å². The van der Waals surface area contributed by atoms with Crippen molar-refractivity contribution in [2.24, 2.45) is 0 Å². The molecular formula is C18H18N2O3. The monoisotopic (exact) mass is 310 g/mol. The number of carbonyl (C=O) groups is 1. The molecule has 5 nitrogen and oxygen atoms in total. The molecule has 118 valence electrons. The van der Waals surface area contributed by atoms with E-state index in [9.17, 15) is 14.9 Å². The first kappa shape index (κ1) is 16.4. The summed E-state index contributed by atoms with van der Waals surface area (Å²) in [6.07, 6.45) is 5.01. The standard InChI is InChI=1S/C18H18N2O3/c1-2-4-14-7-10-16(11-8-14)19-18(21)12-9-15-5-3-6-17(13-15)20(22)23/h3,5-13H,2,4H2,1H3,(H,19,21)/b12-9+. The third kappa shape index (κ3) is 5.07. The van der Waals surface area contributed by atoms with Crippen molar-refractivity contribution < 1.29 is 9.72 Å². The number of nitrogens with one attached hydrogen (secondary N) is 1. The van der Waals surface area contributed by atoms with Crippen molar-refractivity contribution in [1.29, 1.82) is 0 Å². The third-order valence-electron chi connectivity index (χ3n) is 3.27. The summed E-state index contributed by atoms with van der Waals surface area (Å²) in [5.74, 6) is -0.278. The fourth-order valence-corrected chi connectivity index (χ4v) is 2.14. The Balaban J connectivity index is 1.98. The molecule has 0 radical (unpaired) electrons. The molecule has 0 unspecified atom stereocenters. The van der Waals surface area contributed by atoms with Crippen molar-refractivity contribution in [2.75, 3.05) is 5.32 Å². The molecule has 0 saturated carbocycles. The minimum Gasteiger partial charge on any atom is -0.323 e. The van der Waals surface area contributed by atoms with Crippen LogP contribution in [-0.4, -0.2) is 10.8 Å². The Bertz CT molecular complexity index is 721. The molecule has 0 saturated heterocycles. The molecule has 2 aromatic carbocycles. The molecule has 5 heteroatoms. The quantitative estimate of drug-likeness (QED) is 0.494. The van der Waals surface area contributed by atoms with Crippen LogP contribution in [0, 0.1) is 10.1 Å². The van der Waals surface area contributed by atoms with E-state index in [1.165, 1.54) is 23.8 Å². The van der Waals surface area contributed by atoms with Crippen molar-refractivity contribution >= 4 is 23.4 Å². The lowest BCUT2D eigenvalue weighted by molar-refractivity contribution is -0.384. The summed E-state index contributed by atoms with van der Waals surface area (Å²) in [5.41, 5.74) is 2.56. The first-order chi connectivity index (χ1) is 11.1. The predicted octanol–water partition coefficient (Wildman–Crippen LogP) is 4.20. The molecule has 0 aromatic heterocycles. The molecule has 1 N–H and O–H groups in total. The van der Waals surface area contributed by atoms with Gasteiger partial charge in [-0.05, 0) is 35.8 Å². The van der Waals surface area contributed by atoms with Crippen molar-refractivity contribution in [3.63, 3.8) is 0 Å². The Morgan fingerprint density at radius 2 is 1.96 bits per heavy atom. The number of carbonyl (C=O) groups excluding carboxylic acids is 1. The van der Waals surface area contributed by atoms with Crippen LogP contribution in [0.1, 0.15) is 24.5 Å². The molecule has 0 bridgehead atoms. The van der Waals surface area contributed by atoms with E-state index in [0.29, 0.717) is 5.56 Å². The van der Waals surface area contributed by atoms with E-state index < -0.39 is 4.92 Å². The van der Waals surface area contributed by atoms with Gasteiger partial charge in [-0.15, -0.1) is 0 Å². The average molecular weight is 310 g/mol. The normalized spacial score (nSPS) is 10.7. The number of benzene rings is 2. The van der Waals surface area contributed by atoms with Crippen LogP contribution >= 0.6 is 0 Å². The number of hydrogen-bond acceptors (Lipinski definition) is 3. The molecule has 0 aliphatic rings. The number of aryl methyl sites for hydroxylation is 1. The second kappa shape index (κ2) is 7.89. The van der Waals surface area contributed by atoms with Gasteiger partial charge in [0.25, 0.3) is 5.69 Å². The van der Waals surface area contributed by atoms with E-state index >= 15 is 0 Å². The van der Waals surface area contributed by atoms with Gasteiger partial charge >= 0.3 is 0 Å². The van der Waals surface area contributed by atoms with Crippen molar-refractivity contribution in [1.82, 2.24) is 0 Å². The second-order valence-electron chi connectivity index (χ2n) is 5.12. The zero-order valence-electron chi connectivity index (χ0n) is 12.9. The number of nitro groups is 1. The van der Waals surface area contributed by atoms with Crippen LogP contribution in [0.5, 0.6) is 0 Å². The Labute approximate surface area is 134 Å². The molecule has 0 spiro atoms. The predicted molar refractivity (Wildman–Crippen MR) is 91.2 cm³/mol. The summed E-state index contributed by atoms with van der Waals surface area (Å²) >= 11 is 0. The molecule has 23 heavy (non-hydrogen) atoms. The maximum absolute atomic E-state index is 11.9. The Hall–Kier alpha value is -2.95. The Morgan fingerprint density at radius 3 is 2.61 bits per heavy atom. The van der Waals surface area contributed by atoms with Gasteiger partial charge in [-0.3, -0.25) is 14.9 Å². The number of non-ortho nitro benzene ring substituents is 1. The van der Waals surface area contributed by atoms with Crippen LogP contribution in [0.2, 0.25) is 0 Å². The molecule has 0 atom stereocenters. The summed E-state index contributed by atoms with van der Waals surface area (Å²) in [7, 11) is 0. The van der Waals surface area contributed by atoms with Crippen LogP contribution in [-0.2, 0) is 11.2 Å². The van der Waals surface area contributed by atoms with Crippen LogP contribution in [0.3, 0.4) is 0 Å². The van der Waals surface area contributed by atoms with Gasteiger partial charge in [0, 0.05) is 23.9 Å². The van der Waals surface area contributed by atoms with Gasteiger partial charge in [-0.2, -0.15) is 0 Å². The van der Waals surface area contributed by atoms with E-state index in [1.807, 2.05) is 24.3 Å². The number of hydrogen-bond donors (Lipinski definition) is 1. The lowest BCUT2D eigenvalue weighted by Gasteiger charge is -2.04. The van der Waals surface area contributed by atoms with Gasteiger partial charge in [0.2, 0.25) is 5.91 Å². The molecule has 1 amide bonds. The highest BCUT2D eigenvalue weighted by molar-refractivity contribution is 6.01. The number of anilines is 1. The minimum atomic E-state index is -0.463. The fourth-order valence-electron chi connectivity index (χ4n) is 2.14. The number of amides is 1. The molecule has 0 heterocycles. The lowest BCUT2D eigenvalue weighted by atomic mass is 10.1. The van der Waals surface area contributed by atoms with Crippen LogP contribution in [0.4, 0.5) is 11.4 Å². The van der Waals surface area contributed by atoms with Gasteiger partial charge in [-0.25, -0.2) is 0 Å². The SMILES string of the molecule is CCCc1ccc(NC(=O)/C=C/c2cccc([N+](=O)[O-])c2)cc1. The largest absolute Gasteiger partial charge is 0.323 e. The smallest absolute Gasteiger partial charge is 0.270 e. The zero-order valence-corrected chi connectivity index (χ0v) is 12.9. The summed E-state index contributed by atoms with van der Waals surface area (Å²) in [5, 5.41) is 13.5. The average Bonchev–Trinajstić information content (AvgIpc) is 2.55. The highest BCUT2D eigenvalue weighted by atomic mass is 16.6. The Morgan fingerprint density at radius 1 is 1.22 bits per heavy atom. The van der Waals surface area contributed by atoms with E-state index in [0.717, 1.165) is 18.5 Å². The Kier molecular flexibility index (Phi) is 5.63. The second-order valence-corrected chi connectivity index (χ2v) is 5.12. The van der Waals surface area contributed by atoms with E-state index in [-0.39, 0.29) is 11.6 Å². The fraction of sp³-hybridized carbons (Fsp3) is 0.167. The van der Waals surface area contributed by atoms with Gasteiger partial charge in [-0.1, -0.05) is 37.6 Å². The van der Waals surface area contributed by atoms with E-state index in [1.54, 1.807) is 18.2 Å². The van der Waals surface area contributed by atoms with Gasteiger partial charge < -0.3 is 5.32 Å². The van der Waals surface area contributed by atoms with Crippen molar-refractivity contribution in [3.05, 3.63) is 75.8 Å². The molecule has 0 aliphatic carbocycles. The van der Waals surface area contributed by atoms with Gasteiger partial charge in [0.05, 0.1) is 4.92 Å². The van der Waals surface area contributed by atoms with Gasteiger partial charge in [0.15, 0.2) is 0 Å². The van der Waals surface area contributed by atoms with E-state index in [2.05, 4.69) is 12.2 Å². The molecular weight excluding hydrogens is 292 g/mol. The van der Waals surface area contributed by atoms with Crippen molar-refractivity contribution in [2.45, 2.75) is 19.8 Å². The molecule has 2 aromatic rings. The highest BCUT2D eigenvalue weighted by Gasteiger charge is 2.04. The van der Waals surface area contributed by atoms with Crippen LogP contribution < -0.4 is 5.32 Å². The highest BCUT2D eigenvalue weighted by Crippen LogP contribution is 2.15. The molecule has 2 rings (SSSR count). The zero-order chi connectivity index (χ0) is 16.7. The van der Waals surface area contributed by atoms with Crippen LogP contribution in [0.25, 0.3) is 6.08 Å². The van der Waals surface area contributed by atoms with Gasteiger partial charge in [0.1, 0.15) is 0 Å². The molecule has 0 aliphatic heterocycles. The maximum Gasteiger partial charge on any atom is 0.270 e. The molecule has 0 fully saturated rings.